The number of nitrogens with two attached hydrogens (primary N) is 1. The van der Waals surface area contributed by atoms with E-state index in [1.807, 2.05) is 17.5 Å². The van der Waals surface area contributed by atoms with Crippen LogP contribution in [0, 0.1) is 0 Å². The van der Waals surface area contributed by atoms with Crippen LogP contribution in [0.2, 0.25) is 0 Å². The van der Waals surface area contributed by atoms with E-state index >= 15 is 0 Å². The van der Waals surface area contributed by atoms with Gasteiger partial charge in [0.1, 0.15) is 0 Å². The van der Waals surface area contributed by atoms with E-state index in [4.69, 9.17) is 5.14 Å². The lowest BCUT2D eigenvalue weighted by atomic mass is 10.3. The van der Waals surface area contributed by atoms with E-state index < -0.39 is 10.0 Å². The largest absolute Gasteiger partial charge is 0.321 e. The van der Waals surface area contributed by atoms with Crippen LogP contribution in [0.1, 0.15) is 9.67 Å². The standard InChI is InChI=1S/C13H10N2O3S3/c14-21(17,18)9-3-1-2-8(6-9)15-13(16)12-7-11-10(20-12)4-5-19-11/h1-7H,(H,15,16)(H2,14,17,18). The van der Waals surface area contributed by atoms with Gasteiger partial charge in [0.25, 0.3) is 5.91 Å². The van der Waals surface area contributed by atoms with Crippen LogP contribution < -0.4 is 10.5 Å². The highest BCUT2D eigenvalue weighted by molar-refractivity contribution is 7.89. The first-order valence-corrected chi connectivity index (χ1v) is 9.09. The molecule has 21 heavy (non-hydrogen) atoms. The highest BCUT2D eigenvalue weighted by Crippen LogP contribution is 2.30. The number of rotatable bonds is 3. The Hall–Kier alpha value is -1.74. The number of primary sulfonamides is 1. The van der Waals surface area contributed by atoms with Crippen molar-refractivity contribution in [2.45, 2.75) is 4.90 Å². The number of benzene rings is 1. The number of carbonyl (C=O) groups excluding carboxylic acids is 1. The summed E-state index contributed by atoms with van der Waals surface area (Å²) >= 11 is 2.97. The summed E-state index contributed by atoms with van der Waals surface area (Å²) in [4.78, 5) is 12.7. The molecule has 0 bridgehead atoms. The third kappa shape index (κ3) is 2.98. The van der Waals surface area contributed by atoms with Crippen LogP contribution in [-0.2, 0) is 10.0 Å². The molecule has 1 amide bonds. The maximum Gasteiger partial charge on any atom is 0.265 e. The Balaban J connectivity index is 1.86. The molecule has 108 valence electrons. The maximum atomic E-state index is 12.2. The van der Waals surface area contributed by atoms with Gasteiger partial charge in [-0.3, -0.25) is 4.79 Å². The van der Waals surface area contributed by atoms with Crippen LogP contribution in [-0.4, -0.2) is 14.3 Å². The third-order valence-electron chi connectivity index (χ3n) is 2.78. The molecule has 0 saturated carbocycles. The van der Waals surface area contributed by atoms with Gasteiger partial charge in [-0.05, 0) is 35.7 Å². The van der Waals surface area contributed by atoms with E-state index in [0.29, 0.717) is 10.6 Å². The van der Waals surface area contributed by atoms with E-state index in [9.17, 15) is 13.2 Å². The minimum absolute atomic E-state index is 0.0348. The normalized spacial score (nSPS) is 11.7. The summed E-state index contributed by atoms with van der Waals surface area (Å²) < 4.78 is 24.7. The SMILES string of the molecule is NS(=O)(=O)c1cccc(NC(=O)c2cc3sccc3s2)c1. The van der Waals surface area contributed by atoms with Crippen LogP contribution in [0.4, 0.5) is 5.69 Å². The molecule has 1 aromatic carbocycles. The molecule has 0 aliphatic carbocycles. The van der Waals surface area contributed by atoms with Gasteiger partial charge in [0.05, 0.1) is 9.77 Å². The number of hydrogen-bond donors (Lipinski definition) is 2. The molecule has 0 unspecified atom stereocenters. The van der Waals surface area contributed by atoms with Gasteiger partial charge in [0.2, 0.25) is 10.0 Å². The number of nitrogens with one attached hydrogen (secondary N) is 1. The van der Waals surface area contributed by atoms with Gasteiger partial charge < -0.3 is 5.32 Å². The van der Waals surface area contributed by atoms with Gasteiger partial charge in [-0.25, -0.2) is 13.6 Å². The predicted octanol–water partition coefficient (Wildman–Crippen LogP) is 2.86. The van der Waals surface area contributed by atoms with E-state index in [2.05, 4.69) is 5.32 Å². The van der Waals surface area contributed by atoms with E-state index in [0.717, 1.165) is 9.40 Å². The molecule has 8 heteroatoms. The summed E-state index contributed by atoms with van der Waals surface area (Å²) in [5, 5.41) is 9.72. The second-order valence-electron chi connectivity index (χ2n) is 4.29. The van der Waals surface area contributed by atoms with Crippen molar-refractivity contribution >= 4 is 53.7 Å². The summed E-state index contributed by atoms with van der Waals surface area (Å²) in [5.41, 5.74) is 0.392. The first-order valence-electron chi connectivity index (χ1n) is 5.85. The number of thiophene rings is 2. The molecule has 3 N–H and O–H groups in total. The molecule has 0 spiro atoms. The van der Waals surface area contributed by atoms with Crippen molar-refractivity contribution in [3.63, 3.8) is 0 Å². The second kappa shape index (κ2) is 5.23. The summed E-state index contributed by atoms with van der Waals surface area (Å²) in [6.45, 7) is 0. The minimum atomic E-state index is -3.78. The molecule has 2 heterocycles. The van der Waals surface area contributed by atoms with Gasteiger partial charge in [-0.1, -0.05) is 6.07 Å². The lowest BCUT2D eigenvalue weighted by Crippen LogP contribution is -2.14. The Morgan fingerprint density at radius 2 is 1.95 bits per heavy atom. The lowest BCUT2D eigenvalue weighted by molar-refractivity contribution is 0.103. The van der Waals surface area contributed by atoms with Crippen LogP contribution in [0.25, 0.3) is 9.40 Å². The van der Waals surface area contributed by atoms with Crippen LogP contribution in [0.5, 0.6) is 0 Å². The third-order valence-corrected chi connectivity index (χ3v) is 5.79. The van der Waals surface area contributed by atoms with Crippen molar-refractivity contribution in [3.05, 3.63) is 46.7 Å². The lowest BCUT2D eigenvalue weighted by Gasteiger charge is -2.05. The Bertz CT molecular complexity index is 896. The number of carbonyl (C=O) groups is 1. The van der Waals surface area contributed by atoms with Crippen molar-refractivity contribution in [3.8, 4) is 0 Å². The fraction of sp³-hybridized carbons (Fsp3) is 0. The first-order chi connectivity index (χ1) is 9.93. The van der Waals surface area contributed by atoms with Gasteiger partial charge >= 0.3 is 0 Å². The molecule has 0 aliphatic heterocycles. The zero-order valence-electron chi connectivity index (χ0n) is 10.6. The summed E-state index contributed by atoms with van der Waals surface area (Å²) in [7, 11) is -3.78. The second-order valence-corrected chi connectivity index (χ2v) is 7.88. The summed E-state index contributed by atoms with van der Waals surface area (Å²) in [5.74, 6) is -0.269. The van der Waals surface area contributed by atoms with Gasteiger partial charge in [-0.2, -0.15) is 0 Å². The Kier molecular flexibility index (Phi) is 3.54. The number of sulfonamides is 1. The molecule has 0 fully saturated rings. The fourth-order valence-corrected chi connectivity index (χ4v) is 4.38. The van der Waals surface area contributed by atoms with Gasteiger partial charge in [-0.15, -0.1) is 22.7 Å². The number of fused-ring (bicyclic) bond motifs is 1. The van der Waals surface area contributed by atoms with Crippen molar-refractivity contribution in [2.75, 3.05) is 5.32 Å². The zero-order valence-corrected chi connectivity index (χ0v) is 13.0. The molecule has 0 saturated heterocycles. The smallest absolute Gasteiger partial charge is 0.265 e. The van der Waals surface area contributed by atoms with Crippen molar-refractivity contribution in [2.24, 2.45) is 5.14 Å². The topological polar surface area (TPSA) is 89.3 Å². The van der Waals surface area contributed by atoms with Crippen molar-refractivity contribution in [1.29, 1.82) is 0 Å². The number of hydrogen-bond acceptors (Lipinski definition) is 5. The molecule has 3 aromatic rings. The van der Waals surface area contributed by atoms with E-state index in [-0.39, 0.29) is 10.8 Å². The van der Waals surface area contributed by atoms with Gasteiger partial charge in [0.15, 0.2) is 0 Å². The minimum Gasteiger partial charge on any atom is -0.321 e. The highest BCUT2D eigenvalue weighted by atomic mass is 32.2. The molecule has 3 rings (SSSR count). The van der Waals surface area contributed by atoms with Crippen LogP contribution in [0.3, 0.4) is 0 Å². The first kappa shape index (κ1) is 14.2. The Morgan fingerprint density at radius 3 is 2.67 bits per heavy atom. The Labute approximate surface area is 129 Å². The highest BCUT2D eigenvalue weighted by Gasteiger charge is 2.13. The molecule has 0 aliphatic rings. The van der Waals surface area contributed by atoms with E-state index in [1.54, 1.807) is 17.4 Å². The van der Waals surface area contributed by atoms with Crippen LogP contribution in [0.15, 0.2) is 46.7 Å². The molecular weight excluding hydrogens is 328 g/mol. The van der Waals surface area contributed by atoms with Gasteiger partial charge in [0, 0.05) is 15.1 Å². The quantitative estimate of drug-likeness (QED) is 0.769. The Morgan fingerprint density at radius 1 is 1.14 bits per heavy atom. The average Bonchev–Trinajstić information content (AvgIpc) is 2.98. The average molecular weight is 338 g/mol. The van der Waals surface area contributed by atoms with Crippen LogP contribution >= 0.6 is 22.7 Å². The zero-order chi connectivity index (χ0) is 15.0. The maximum absolute atomic E-state index is 12.2. The predicted molar refractivity (Wildman–Crippen MR) is 85.5 cm³/mol. The molecule has 0 atom stereocenters. The van der Waals surface area contributed by atoms with Crippen molar-refractivity contribution < 1.29 is 13.2 Å². The fourth-order valence-electron chi connectivity index (χ4n) is 1.82. The monoisotopic (exact) mass is 338 g/mol. The summed E-state index contributed by atoms with van der Waals surface area (Å²) in [6, 6.07) is 9.65. The molecule has 5 nitrogen and oxygen atoms in total. The number of anilines is 1. The summed E-state index contributed by atoms with van der Waals surface area (Å²) in [6.07, 6.45) is 0. The molecule has 0 radical (unpaired) electrons. The number of amides is 1. The molecular formula is C13H10N2O3S3. The molecule has 2 aromatic heterocycles. The van der Waals surface area contributed by atoms with Crippen molar-refractivity contribution in [1.82, 2.24) is 0 Å². The van der Waals surface area contributed by atoms with E-state index in [1.165, 1.54) is 29.5 Å².